The van der Waals surface area contributed by atoms with Gasteiger partial charge in [0.15, 0.2) is 0 Å². The molecule has 3 nitrogen and oxygen atoms in total. The molecule has 0 N–H and O–H groups in total. The van der Waals surface area contributed by atoms with Gasteiger partial charge in [0.05, 0.1) is 0 Å². The Kier molecular flexibility index (Phi) is 4.10. The molecule has 0 aliphatic carbocycles. The van der Waals surface area contributed by atoms with Crippen LogP contribution in [-0.2, 0) is 0 Å². The van der Waals surface area contributed by atoms with Crippen LogP contribution in [0.25, 0.3) is 0 Å². The number of halogens is 1. The number of piperazine rings is 1. The van der Waals surface area contributed by atoms with E-state index in [2.05, 4.69) is 11.5 Å². The molecule has 0 bridgehead atoms. The molecular weight excluding hydrogens is 231 g/mol. The number of benzene rings is 1. The van der Waals surface area contributed by atoms with Gasteiger partial charge in [0, 0.05) is 38.3 Å². The number of hydrogen-bond acceptors (Lipinski definition) is 2. The first kappa shape index (κ1) is 12.8. The van der Waals surface area contributed by atoms with Gasteiger partial charge in [-0.2, -0.15) is 0 Å². The normalized spacial score (nSPS) is 16.6. The van der Waals surface area contributed by atoms with Gasteiger partial charge in [-0.1, -0.05) is 6.08 Å². The van der Waals surface area contributed by atoms with Crippen molar-refractivity contribution in [3.63, 3.8) is 0 Å². The molecule has 96 valence electrons. The van der Waals surface area contributed by atoms with Crippen molar-refractivity contribution < 1.29 is 9.18 Å². The zero-order valence-electron chi connectivity index (χ0n) is 10.3. The maximum atomic E-state index is 12.8. The Morgan fingerprint density at radius 3 is 2.39 bits per heavy atom. The van der Waals surface area contributed by atoms with Gasteiger partial charge in [-0.15, -0.1) is 6.58 Å². The molecule has 0 atom stereocenters. The predicted octanol–water partition coefficient (Wildman–Crippen LogP) is 1.77. The predicted molar refractivity (Wildman–Crippen MR) is 68.9 cm³/mol. The Bertz CT molecular complexity index is 422. The molecule has 0 unspecified atom stereocenters. The fourth-order valence-electron chi connectivity index (χ4n) is 2.09. The monoisotopic (exact) mass is 248 g/mol. The van der Waals surface area contributed by atoms with E-state index in [1.807, 2.05) is 11.0 Å². The summed E-state index contributed by atoms with van der Waals surface area (Å²) in [5.74, 6) is -0.337. The molecule has 0 aromatic heterocycles. The molecular formula is C14H17FN2O. The van der Waals surface area contributed by atoms with Crippen LogP contribution in [0.2, 0.25) is 0 Å². The molecule has 1 aromatic rings. The minimum atomic E-state index is -0.317. The Balaban J connectivity index is 1.95. The standard InChI is InChI=1S/C14H17FN2O/c1-2-7-16-8-10-17(11-9-16)14(18)12-3-5-13(15)6-4-12/h2-6H,1,7-11H2. The van der Waals surface area contributed by atoms with E-state index < -0.39 is 0 Å². The van der Waals surface area contributed by atoms with E-state index in [1.54, 1.807) is 0 Å². The second-order valence-corrected chi connectivity index (χ2v) is 4.39. The van der Waals surface area contributed by atoms with Crippen LogP contribution in [0.1, 0.15) is 10.4 Å². The van der Waals surface area contributed by atoms with Crippen molar-refractivity contribution >= 4 is 5.91 Å². The van der Waals surface area contributed by atoms with Crippen LogP contribution in [0.15, 0.2) is 36.9 Å². The lowest BCUT2D eigenvalue weighted by Gasteiger charge is -2.34. The van der Waals surface area contributed by atoms with Gasteiger partial charge in [0.2, 0.25) is 0 Å². The first-order chi connectivity index (χ1) is 8.70. The van der Waals surface area contributed by atoms with E-state index in [4.69, 9.17) is 0 Å². The average molecular weight is 248 g/mol. The van der Waals surface area contributed by atoms with Crippen LogP contribution in [0.4, 0.5) is 4.39 Å². The summed E-state index contributed by atoms with van der Waals surface area (Å²) >= 11 is 0. The first-order valence-corrected chi connectivity index (χ1v) is 6.09. The van der Waals surface area contributed by atoms with E-state index >= 15 is 0 Å². The number of rotatable bonds is 3. The van der Waals surface area contributed by atoms with Gasteiger partial charge in [-0.05, 0) is 24.3 Å². The molecule has 1 aliphatic rings. The van der Waals surface area contributed by atoms with Gasteiger partial charge < -0.3 is 4.90 Å². The lowest BCUT2D eigenvalue weighted by atomic mass is 10.2. The largest absolute Gasteiger partial charge is 0.336 e. The maximum absolute atomic E-state index is 12.8. The fraction of sp³-hybridized carbons (Fsp3) is 0.357. The van der Waals surface area contributed by atoms with Crippen molar-refractivity contribution in [2.24, 2.45) is 0 Å². The first-order valence-electron chi connectivity index (χ1n) is 6.09. The van der Waals surface area contributed by atoms with E-state index in [0.717, 1.165) is 19.6 Å². The molecule has 1 fully saturated rings. The number of carbonyl (C=O) groups excluding carboxylic acids is 1. The average Bonchev–Trinajstić information content (AvgIpc) is 2.40. The second kappa shape index (κ2) is 5.78. The lowest BCUT2D eigenvalue weighted by Crippen LogP contribution is -2.48. The zero-order valence-corrected chi connectivity index (χ0v) is 10.3. The number of amides is 1. The van der Waals surface area contributed by atoms with Crippen molar-refractivity contribution in [3.05, 3.63) is 48.3 Å². The molecule has 1 aromatic carbocycles. The van der Waals surface area contributed by atoms with Crippen LogP contribution < -0.4 is 0 Å². The Morgan fingerprint density at radius 2 is 1.83 bits per heavy atom. The molecule has 2 rings (SSSR count). The van der Waals surface area contributed by atoms with Crippen LogP contribution in [0, 0.1) is 5.82 Å². The molecule has 1 saturated heterocycles. The second-order valence-electron chi connectivity index (χ2n) is 4.39. The number of hydrogen-bond donors (Lipinski definition) is 0. The molecule has 18 heavy (non-hydrogen) atoms. The third-order valence-electron chi connectivity index (χ3n) is 3.14. The van der Waals surface area contributed by atoms with Crippen molar-refractivity contribution in [1.82, 2.24) is 9.80 Å². The quantitative estimate of drug-likeness (QED) is 0.761. The van der Waals surface area contributed by atoms with Gasteiger partial charge >= 0.3 is 0 Å². The van der Waals surface area contributed by atoms with Crippen molar-refractivity contribution in [2.45, 2.75) is 0 Å². The SMILES string of the molecule is C=CCN1CCN(C(=O)c2ccc(F)cc2)CC1. The van der Waals surface area contributed by atoms with Crippen LogP contribution in [-0.4, -0.2) is 48.4 Å². The van der Waals surface area contributed by atoms with Crippen LogP contribution in [0.5, 0.6) is 0 Å². The van der Waals surface area contributed by atoms with Crippen LogP contribution in [0.3, 0.4) is 0 Å². The summed E-state index contributed by atoms with van der Waals surface area (Å²) < 4.78 is 12.8. The molecule has 1 aliphatic heterocycles. The highest BCUT2D eigenvalue weighted by Crippen LogP contribution is 2.09. The van der Waals surface area contributed by atoms with Gasteiger partial charge in [0.25, 0.3) is 5.91 Å². The van der Waals surface area contributed by atoms with Crippen molar-refractivity contribution in [1.29, 1.82) is 0 Å². The third kappa shape index (κ3) is 2.96. The number of nitrogens with zero attached hydrogens (tertiary/aromatic N) is 2. The Hall–Kier alpha value is -1.68. The summed E-state index contributed by atoms with van der Waals surface area (Å²) in [4.78, 5) is 16.2. The van der Waals surface area contributed by atoms with Crippen molar-refractivity contribution in [2.75, 3.05) is 32.7 Å². The Labute approximate surface area is 107 Å². The molecule has 1 amide bonds. The van der Waals surface area contributed by atoms with Gasteiger partial charge in [0.1, 0.15) is 5.82 Å². The van der Waals surface area contributed by atoms with E-state index in [0.29, 0.717) is 18.7 Å². The molecule has 4 heteroatoms. The fourth-order valence-corrected chi connectivity index (χ4v) is 2.09. The van der Waals surface area contributed by atoms with E-state index in [-0.39, 0.29) is 11.7 Å². The lowest BCUT2D eigenvalue weighted by molar-refractivity contribution is 0.0650. The molecule has 0 radical (unpaired) electrons. The molecule has 1 heterocycles. The summed E-state index contributed by atoms with van der Waals surface area (Å²) in [6.07, 6.45) is 1.87. The minimum absolute atomic E-state index is 0.0201. The van der Waals surface area contributed by atoms with E-state index in [1.165, 1.54) is 24.3 Å². The minimum Gasteiger partial charge on any atom is -0.336 e. The molecule has 0 spiro atoms. The van der Waals surface area contributed by atoms with Gasteiger partial charge in [-0.25, -0.2) is 4.39 Å². The highest BCUT2D eigenvalue weighted by atomic mass is 19.1. The van der Waals surface area contributed by atoms with E-state index in [9.17, 15) is 9.18 Å². The summed E-state index contributed by atoms with van der Waals surface area (Å²) in [5, 5.41) is 0. The summed E-state index contributed by atoms with van der Waals surface area (Å²) in [6, 6.07) is 5.71. The van der Waals surface area contributed by atoms with Crippen LogP contribution >= 0.6 is 0 Å². The third-order valence-corrected chi connectivity index (χ3v) is 3.14. The Morgan fingerprint density at radius 1 is 1.22 bits per heavy atom. The highest BCUT2D eigenvalue weighted by Gasteiger charge is 2.21. The highest BCUT2D eigenvalue weighted by molar-refractivity contribution is 5.94. The topological polar surface area (TPSA) is 23.6 Å². The zero-order chi connectivity index (χ0) is 13.0. The summed E-state index contributed by atoms with van der Waals surface area (Å²) in [7, 11) is 0. The summed E-state index contributed by atoms with van der Waals surface area (Å²) in [6.45, 7) is 7.71. The summed E-state index contributed by atoms with van der Waals surface area (Å²) in [5.41, 5.74) is 0.550. The maximum Gasteiger partial charge on any atom is 0.253 e. The van der Waals surface area contributed by atoms with Crippen molar-refractivity contribution in [3.8, 4) is 0 Å². The smallest absolute Gasteiger partial charge is 0.253 e. The van der Waals surface area contributed by atoms with Gasteiger partial charge in [-0.3, -0.25) is 9.69 Å². The molecule has 0 saturated carbocycles. The number of carbonyl (C=O) groups is 1.